The molecule has 0 radical (unpaired) electrons. The van der Waals surface area contributed by atoms with Crippen LogP contribution in [0, 0.1) is 0 Å². The van der Waals surface area contributed by atoms with Gasteiger partial charge in [0.1, 0.15) is 12.4 Å². The topological polar surface area (TPSA) is 105 Å². The predicted octanol–water partition coefficient (Wildman–Crippen LogP) is 3.82. The molecule has 36 heavy (non-hydrogen) atoms. The van der Waals surface area contributed by atoms with Crippen molar-refractivity contribution >= 4 is 11.8 Å². The number of hydrogen-bond acceptors (Lipinski definition) is 7. The second-order valence-electron chi connectivity index (χ2n) is 9.60. The van der Waals surface area contributed by atoms with E-state index in [1.807, 2.05) is 6.07 Å². The van der Waals surface area contributed by atoms with Crippen molar-refractivity contribution in [1.82, 2.24) is 25.3 Å². The number of carboxylic acids is 1. The highest BCUT2D eigenvalue weighted by molar-refractivity contribution is 5.75. The molecule has 0 spiro atoms. The minimum Gasteiger partial charge on any atom is -0.475 e. The Morgan fingerprint density at radius 3 is 2.42 bits per heavy atom. The van der Waals surface area contributed by atoms with Crippen LogP contribution in [0.2, 0.25) is 0 Å². The van der Waals surface area contributed by atoms with Crippen LogP contribution in [-0.4, -0.2) is 61.9 Å². The molecule has 1 atom stereocenters. The summed E-state index contributed by atoms with van der Waals surface area (Å²) in [5.74, 6) is -1.05. The van der Waals surface area contributed by atoms with E-state index in [4.69, 9.17) is 19.6 Å². The standard InChI is InChI=1S/C22H26N6O.C2HF3O2/c1-22(2,3)26-16-8-11-27(13-16)20-7-6-19-18-5-4-17(28-23-9-10-24-28)12-15(18)14-29-21(19)25-20;3-2(4,5)1(6)7/h4-7,9-10,12,16,26H,8,11,13-14H2,1-3H3;(H,6,7). The summed E-state index contributed by atoms with van der Waals surface area (Å²) in [6.07, 6.45) is -0.600. The molecule has 0 amide bonds. The second-order valence-corrected chi connectivity index (χ2v) is 9.60. The number of hydrogen-bond donors (Lipinski definition) is 2. The number of carboxylic acid groups (broad SMARTS) is 1. The molecule has 3 aromatic rings. The van der Waals surface area contributed by atoms with E-state index in [0.717, 1.165) is 47.7 Å². The Kier molecular flexibility index (Phi) is 6.90. The molecule has 2 N–H and O–H groups in total. The molecular formula is C24H27F3N6O3. The summed E-state index contributed by atoms with van der Waals surface area (Å²) in [4.78, 5) is 17.7. The lowest BCUT2D eigenvalue weighted by Gasteiger charge is -2.26. The number of aromatic nitrogens is 4. The molecule has 0 saturated carbocycles. The van der Waals surface area contributed by atoms with Crippen LogP contribution < -0.4 is 15.0 Å². The summed E-state index contributed by atoms with van der Waals surface area (Å²) >= 11 is 0. The Morgan fingerprint density at radius 1 is 1.11 bits per heavy atom. The lowest BCUT2D eigenvalue weighted by atomic mass is 9.98. The van der Waals surface area contributed by atoms with Crippen LogP contribution >= 0.6 is 0 Å². The summed E-state index contributed by atoms with van der Waals surface area (Å²) in [6, 6.07) is 11.0. The molecule has 2 aromatic heterocycles. The van der Waals surface area contributed by atoms with Crippen molar-refractivity contribution in [1.29, 1.82) is 0 Å². The number of aliphatic carboxylic acids is 1. The van der Waals surface area contributed by atoms with Gasteiger partial charge in [-0.05, 0) is 62.6 Å². The molecule has 1 aromatic carbocycles. The minimum absolute atomic E-state index is 0.126. The Labute approximate surface area is 205 Å². The number of anilines is 1. The highest BCUT2D eigenvalue weighted by atomic mass is 19.4. The van der Waals surface area contributed by atoms with Gasteiger partial charge in [0.15, 0.2) is 0 Å². The maximum Gasteiger partial charge on any atom is 0.490 e. The normalized spacial score (nSPS) is 16.9. The number of nitrogens with zero attached hydrogens (tertiary/aromatic N) is 5. The maximum absolute atomic E-state index is 10.6. The van der Waals surface area contributed by atoms with E-state index in [0.29, 0.717) is 18.5 Å². The average molecular weight is 505 g/mol. The molecule has 2 aliphatic rings. The molecular weight excluding hydrogens is 477 g/mol. The third kappa shape index (κ3) is 5.93. The van der Waals surface area contributed by atoms with Crippen LogP contribution in [0.15, 0.2) is 42.7 Å². The number of alkyl halides is 3. The fourth-order valence-electron chi connectivity index (χ4n) is 4.20. The number of rotatable bonds is 3. The van der Waals surface area contributed by atoms with Gasteiger partial charge in [-0.1, -0.05) is 6.07 Å². The van der Waals surface area contributed by atoms with Crippen LogP contribution in [0.1, 0.15) is 32.8 Å². The van der Waals surface area contributed by atoms with Crippen molar-refractivity contribution < 1.29 is 27.8 Å². The van der Waals surface area contributed by atoms with Gasteiger partial charge in [-0.25, -0.2) is 4.79 Å². The summed E-state index contributed by atoms with van der Waals surface area (Å²) in [7, 11) is 0. The quantitative estimate of drug-likeness (QED) is 0.555. The van der Waals surface area contributed by atoms with E-state index in [-0.39, 0.29) is 5.54 Å². The fourth-order valence-corrected chi connectivity index (χ4v) is 4.20. The first-order valence-electron chi connectivity index (χ1n) is 11.4. The number of halogens is 3. The van der Waals surface area contributed by atoms with E-state index in [9.17, 15) is 13.2 Å². The Bertz CT molecular complexity index is 1220. The molecule has 5 rings (SSSR count). The van der Waals surface area contributed by atoms with Gasteiger partial charge >= 0.3 is 12.1 Å². The Balaban J connectivity index is 0.000000384. The van der Waals surface area contributed by atoms with Crippen LogP contribution in [0.3, 0.4) is 0 Å². The van der Waals surface area contributed by atoms with Crippen LogP contribution in [0.5, 0.6) is 5.88 Å². The molecule has 4 heterocycles. The number of fused-ring (bicyclic) bond motifs is 3. The molecule has 9 nitrogen and oxygen atoms in total. The average Bonchev–Trinajstić information content (AvgIpc) is 3.49. The van der Waals surface area contributed by atoms with Gasteiger partial charge in [-0.15, -0.1) is 0 Å². The largest absolute Gasteiger partial charge is 0.490 e. The zero-order chi connectivity index (χ0) is 26.1. The first-order chi connectivity index (χ1) is 16.9. The molecule has 2 aliphatic heterocycles. The van der Waals surface area contributed by atoms with Gasteiger partial charge in [0, 0.05) is 30.2 Å². The number of carbonyl (C=O) groups is 1. The van der Waals surface area contributed by atoms with Gasteiger partial charge < -0.3 is 20.1 Å². The van der Waals surface area contributed by atoms with Crippen LogP contribution in [-0.2, 0) is 11.4 Å². The third-order valence-corrected chi connectivity index (χ3v) is 5.63. The number of nitrogens with one attached hydrogen (secondary N) is 1. The first kappa shape index (κ1) is 25.4. The van der Waals surface area contributed by atoms with Crippen molar-refractivity contribution in [3.05, 3.63) is 48.3 Å². The van der Waals surface area contributed by atoms with Gasteiger partial charge in [-0.3, -0.25) is 0 Å². The Morgan fingerprint density at radius 2 is 1.78 bits per heavy atom. The first-order valence-corrected chi connectivity index (χ1v) is 11.4. The molecule has 1 fully saturated rings. The number of benzene rings is 1. The highest BCUT2D eigenvalue weighted by Crippen LogP contribution is 2.38. The zero-order valence-electron chi connectivity index (χ0n) is 20.1. The molecule has 192 valence electrons. The van der Waals surface area contributed by atoms with Crippen molar-refractivity contribution in [2.75, 3.05) is 18.0 Å². The second kappa shape index (κ2) is 9.76. The van der Waals surface area contributed by atoms with Crippen molar-refractivity contribution in [3.63, 3.8) is 0 Å². The predicted molar refractivity (Wildman–Crippen MR) is 126 cm³/mol. The minimum atomic E-state index is -5.08. The van der Waals surface area contributed by atoms with Crippen LogP contribution in [0.4, 0.5) is 19.0 Å². The van der Waals surface area contributed by atoms with E-state index in [1.54, 1.807) is 17.2 Å². The maximum atomic E-state index is 10.6. The lowest BCUT2D eigenvalue weighted by molar-refractivity contribution is -0.192. The monoisotopic (exact) mass is 504 g/mol. The lowest BCUT2D eigenvalue weighted by Crippen LogP contribution is -2.44. The van der Waals surface area contributed by atoms with Crippen LogP contribution in [0.25, 0.3) is 16.8 Å². The van der Waals surface area contributed by atoms with Gasteiger partial charge in [-0.2, -0.15) is 33.1 Å². The Hall–Kier alpha value is -3.67. The summed E-state index contributed by atoms with van der Waals surface area (Å²) in [6.45, 7) is 9.13. The van der Waals surface area contributed by atoms with Gasteiger partial charge in [0.2, 0.25) is 5.88 Å². The summed E-state index contributed by atoms with van der Waals surface area (Å²) in [5.41, 5.74) is 4.38. The van der Waals surface area contributed by atoms with Gasteiger partial charge in [0.25, 0.3) is 0 Å². The molecule has 1 saturated heterocycles. The van der Waals surface area contributed by atoms with E-state index in [2.05, 4.69) is 65.5 Å². The van der Waals surface area contributed by atoms with E-state index in [1.165, 1.54) is 0 Å². The number of pyridine rings is 1. The third-order valence-electron chi connectivity index (χ3n) is 5.63. The number of ether oxygens (including phenoxy) is 1. The SMILES string of the molecule is CC(C)(C)NC1CCN(c2ccc3c(n2)OCc2cc(-n4nccn4)ccc2-3)C1.O=C(O)C(F)(F)F. The smallest absolute Gasteiger partial charge is 0.475 e. The molecule has 12 heteroatoms. The summed E-state index contributed by atoms with van der Waals surface area (Å²) < 4.78 is 37.8. The fraction of sp³-hybridized carbons (Fsp3) is 0.417. The van der Waals surface area contributed by atoms with Gasteiger partial charge in [0.05, 0.1) is 18.1 Å². The van der Waals surface area contributed by atoms with Crippen molar-refractivity contribution in [3.8, 4) is 22.7 Å². The van der Waals surface area contributed by atoms with Crippen molar-refractivity contribution in [2.45, 2.75) is 51.6 Å². The summed E-state index contributed by atoms with van der Waals surface area (Å²) in [5, 5.41) is 19.2. The van der Waals surface area contributed by atoms with E-state index < -0.39 is 12.1 Å². The van der Waals surface area contributed by atoms with Crippen molar-refractivity contribution in [2.24, 2.45) is 0 Å². The molecule has 0 aliphatic carbocycles. The molecule has 0 bridgehead atoms. The molecule has 1 unspecified atom stereocenters. The van der Waals surface area contributed by atoms with E-state index >= 15 is 0 Å². The zero-order valence-corrected chi connectivity index (χ0v) is 20.1. The highest BCUT2D eigenvalue weighted by Gasteiger charge is 2.38.